The fraction of sp³-hybridized carbons (Fsp3) is 0.0833. The summed E-state index contributed by atoms with van der Waals surface area (Å²) in [7, 11) is -4.25. The quantitative estimate of drug-likeness (QED) is 0.680. The lowest BCUT2D eigenvalue weighted by atomic mass is 10.1. The summed E-state index contributed by atoms with van der Waals surface area (Å²) in [6, 6.07) is 3.58. The fourth-order valence-electron chi connectivity index (χ4n) is 2.23. The number of phenolic OH excluding ortho intramolecular Hbond substituents is 2. The zero-order valence-electron chi connectivity index (χ0n) is 10.7. The second-order valence-corrected chi connectivity index (χ2v) is 7.07. The van der Waals surface area contributed by atoms with E-state index in [9.17, 15) is 27.8 Å². The molecule has 0 saturated carbocycles. The molecule has 10 heteroatoms. The first-order valence-electron chi connectivity index (χ1n) is 5.87. The van der Waals surface area contributed by atoms with Crippen LogP contribution in [0.3, 0.4) is 0 Å². The van der Waals surface area contributed by atoms with Gasteiger partial charge in [-0.2, -0.15) is 8.42 Å². The Hall–Kier alpha value is -2.07. The third-order valence-corrected chi connectivity index (χ3v) is 5.18. The van der Waals surface area contributed by atoms with Crippen LogP contribution in [-0.4, -0.2) is 31.1 Å². The number of phenols is 2. The van der Waals surface area contributed by atoms with Crippen molar-refractivity contribution in [1.82, 2.24) is 4.72 Å². The Labute approximate surface area is 132 Å². The van der Waals surface area contributed by atoms with Crippen LogP contribution in [-0.2, 0) is 15.0 Å². The average Bonchev–Trinajstić information content (AvgIpc) is 2.66. The third kappa shape index (κ3) is 2.15. The number of hydrogen-bond donors (Lipinski definition) is 3. The minimum atomic E-state index is -4.25. The van der Waals surface area contributed by atoms with Gasteiger partial charge in [-0.15, -0.1) is 0 Å². The van der Waals surface area contributed by atoms with Gasteiger partial charge in [0, 0.05) is 5.39 Å². The van der Waals surface area contributed by atoms with Crippen molar-refractivity contribution in [2.75, 3.05) is 10.8 Å². The summed E-state index contributed by atoms with van der Waals surface area (Å²) in [5, 5.41) is 19.7. The van der Waals surface area contributed by atoms with Crippen LogP contribution < -0.4 is 9.03 Å². The van der Waals surface area contributed by atoms with E-state index in [1.807, 2.05) is 0 Å². The van der Waals surface area contributed by atoms with Crippen LogP contribution >= 0.6 is 15.9 Å². The van der Waals surface area contributed by atoms with E-state index in [0.29, 0.717) is 4.31 Å². The highest BCUT2D eigenvalue weighted by Crippen LogP contribution is 2.40. The SMILES string of the molecule is O=C1CN(c2c(O)cc3cc(O)c(Br)cc3c2F)S(=O)(=O)N1. The van der Waals surface area contributed by atoms with Crippen molar-refractivity contribution in [2.45, 2.75) is 0 Å². The molecule has 1 aliphatic heterocycles. The largest absolute Gasteiger partial charge is 0.507 e. The number of carbonyl (C=O) groups is 1. The fourth-order valence-corrected chi connectivity index (χ4v) is 3.73. The number of aromatic hydroxyl groups is 2. The molecule has 3 rings (SSSR count). The maximum absolute atomic E-state index is 14.7. The molecule has 1 heterocycles. The van der Waals surface area contributed by atoms with E-state index in [-0.39, 0.29) is 21.0 Å². The summed E-state index contributed by atoms with van der Waals surface area (Å²) in [5.74, 6) is -2.67. The lowest BCUT2D eigenvalue weighted by Gasteiger charge is -2.18. The van der Waals surface area contributed by atoms with E-state index in [2.05, 4.69) is 15.9 Å². The molecule has 1 aliphatic rings. The van der Waals surface area contributed by atoms with Crippen LogP contribution in [0.5, 0.6) is 11.5 Å². The Bertz CT molecular complexity index is 931. The topological polar surface area (TPSA) is 107 Å². The number of benzene rings is 2. The molecule has 1 fully saturated rings. The number of hydrogen-bond acceptors (Lipinski definition) is 5. The molecule has 7 nitrogen and oxygen atoms in total. The van der Waals surface area contributed by atoms with Crippen molar-refractivity contribution in [3.8, 4) is 11.5 Å². The maximum atomic E-state index is 14.7. The highest BCUT2D eigenvalue weighted by Gasteiger charge is 2.37. The molecule has 2 aromatic carbocycles. The number of amides is 1. The van der Waals surface area contributed by atoms with Gasteiger partial charge in [-0.05, 0) is 39.5 Å². The van der Waals surface area contributed by atoms with Gasteiger partial charge in [-0.3, -0.25) is 4.79 Å². The second-order valence-electron chi connectivity index (χ2n) is 4.62. The van der Waals surface area contributed by atoms with E-state index in [0.717, 1.165) is 6.07 Å². The summed E-state index contributed by atoms with van der Waals surface area (Å²) in [6.45, 7) is -0.627. The summed E-state index contributed by atoms with van der Waals surface area (Å²) in [4.78, 5) is 11.3. The maximum Gasteiger partial charge on any atom is 0.326 e. The van der Waals surface area contributed by atoms with Crippen molar-refractivity contribution >= 4 is 48.5 Å². The van der Waals surface area contributed by atoms with E-state index in [1.165, 1.54) is 12.1 Å². The number of anilines is 1. The molecule has 1 saturated heterocycles. The standard InChI is InChI=1S/C12H8BrFN2O5S/c13-7-3-6-5(1-8(7)17)2-9(18)12(11(6)14)16-4-10(19)15-22(16,20)21/h1-3,17-18H,4H2,(H,15,19). The molecule has 22 heavy (non-hydrogen) atoms. The number of nitrogens with zero attached hydrogens (tertiary/aromatic N) is 1. The van der Waals surface area contributed by atoms with Crippen LogP contribution in [0.4, 0.5) is 10.1 Å². The normalized spacial score (nSPS) is 17.0. The molecule has 0 atom stereocenters. The highest BCUT2D eigenvalue weighted by atomic mass is 79.9. The highest BCUT2D eigenvalue weighted by molar-refractivity contribution is 9.10. The van der Waals surface area contributed by atoms with Gasteiger partial charge in [0.05, 0.1) is 4.47 Å². The summed E-state index contributed by atoms with van der Waals surface area (Å²) < 4.78 is 40.6. The smallest absolute Gasteiger partial charge is 0.326 e. The zero-order chi connectivity index (χ0) is 16.2. The Balaban J connectivity index is 2.32. The van der Waals surface area contributed by atoms with E-state index >= 15 is 0 Å². The van der Waals surface area contributed by atoms with Crippen molar-refractivity contribution in [1.29, 1.82) is 0 Å². The summed E-state index contributed by atoms with van der Waals surface area (Å²) >= 11 is 3.03. The predicted octanol–water partition coefficient (Wildman–Crippen LogP) is 1.33. The van der Waals surface area contributed by atoms with E-state index in [1.54, 1.807) is 4.72 Å². The van der Waals surface area contributed by atoms with Crippen molar-refractivity contribution in [3.63, 3.8) is 0 Å². The molecular weight excluding hydrogens is 383 g/mol. The number of nitrogens with one attached hydrogen (secondary N) is 1. The number of fused-ring (bicyclic) bond motifs is 1. The average molecular weight is 391 g/mol. The number of rotatable bonds is 1. The lowest BCUT2D eigenvalue weighted by molar-refractivity contribution is -0.117. The minimum Gasteiger partial charge on any atom is -0.507 e. The predicted molar refractivity (Wildman–Crippen MR) is 79.3 cm³/mol. The third-order valence-electron chi connectivity index (χ3n) is 3.17. The summed E-state index contributed by atoms with van der Waals surface area (Å²) in [5.41, 5.74) is -0.622. The van der Waals surface area contributed by atoms with Crippen LogP contribution in [0.25, 0.3) is 10.8 Å². The van der Waals surface area contributed by atoms with Crippen molar-refractivity contribution in [3.05, 3.63) is 28.5 Å². The van der Waals surface area contributed by atoms with Gasteiger partial charge in [0.1, 0.15) is 23.7 Å². The molecule has 0 spiro atoms. The number of carbonyl (C=O) groups excluding carboxylic acids is 1. The van der Waals surface area contributed by atoms with Crippen molar-refractivity contribution in [2.24, 2.45) is 0 Å². The molecule has 0 aliphatic carbocycles. The van der Waals surface area contributed by atoms with Gasteiger partial charge < -0.3 is 10.2 Å². The molecule has 116 valence electrons. The van der Waals surface area contributed by atoms with Crippen LogP contribution in [0, 0.1) is 5.82 Å². The van der Waals surface area contributed by atoms with Gasteiger partial charge in [0.15, 0.2) is 5.82 Å². The van der Waals surface area contributed by atoms with Gasteiger partial charge in [0.25, 0.3) is 5.91 Å². The Morgan fingerprint density at radius 1 is 1.23 bits per heavy atom. The molecule has 0 unspecified atom stereocenters. The lowest BCUT2D eigenvalue weighted by Crippen LogP contribution is -2.30. The van der Waals surface area contributed by atoms with Gasteiger partial charge >= 0.3 is 10.2 Å². The van der Waals surface area contributed by atoms with Gasteiger partial charge in [0.2, 0.25) is 0 Å². The van der Waals surface area contributed by atoms with Gasteiger partial charge in [-0.1, -0.05) is 0 Å². The van der Waals surface area contributed by atoms with E-state index in [4.69, 9.17) is 0 Å². The zero-order valence-corrected chi connectivity index (χ0v) is 13.1. The molecule has 1 amide bonds. The minimum absolute atomic E-state index is 0.0213. The van der Waals surface area contributed by atoms with Crippen LogP contribution in [0.2, 0.25) is 0 Å². The van der Waals surface area contributed by atoms with Crippen LogP contribution in [0.15, 0.2) is 22.7 Å². The Morgan fingerprint density at radius 2 is 1.86 bits per heavy atom. The second kappa shape index (κ2) is 4.71. The van der Waals surface area contributed by atoms with Crippen LogP contribution in [0.1, 0.15) is 0 Å². The first-order chi connectivity index (χ1) is 10.2. The Morgan fingerprint density at radius 3 is 2.45 bits per heavy atom. The number of halogens is 2. The Kier molecular flexibility index (Phi) is 3.18. The van der Waals surface area contributed by atoms with Gasteiger partial charge in [-0.25, -0.2) is 13.4 Å². The van der Waals surface area contributed by atoms with Crippen molar-refractivity contribution < 1.29 is 27.8 Å². The molecule has 0 radical (unpaired) electrons. The monoisotopic (exact) mass is 390 g/mol. The molecule has 3 N–H and O–H groups in total. The molecule has 0 aromatic heterocycles. The first kappa shape index (κ1) is 14.9. The summed E-state index contributed by atoms with van der Waals surface area (Å²) in [6.07, 6.45) is 0. The first-order valence-corrected chi connectivity index (χ1v) is 8.11. The molecule has 2 aromatic rings. The molecule has 0 bridgehead atoms. The van der Waals surface area contributed by atoms with E-state index < -0.39 is 39.9 Å². The molecular formula is C12H8BrFN2O5S.